The van der Waals surface area contributed by atoms with E-state index >= 15 is 0 Å². The number of carbonyl (C=O) groups is 3. The summed E-state index contributed by atoms with van der Waals surface area (Å²) in [6.07, 6.45) is 17.8. The number of allylic oxidation sites excluding steroid dienone is 6. The number of rotatable bonds is 28. The van der Waals surface area contributed by atoms with Crippen LogP contribution in [-0.4, -0.2) is 174 Å². The Balaban J connectivity index is 0.000000314. The second-order valence-corrected chi connectivity index (χ2v) is 18.1. The molecular formula is C35H55N24O18PS2+6. The first-order valence-corrected chi connectivity index (χ1v) is 26.4. The van der Waals surface area contributed by atoms with Crippen LogP contribution in [0.5, 0.6) is 0 Å². The minimum Gasteiger partial charge on any atom is -0.302 e. The third-order valence-corrected chi connectivity index (χ3v) is 11.2. The van der Waals surface area contributed by atoms with Crippen LogP contribution in [0.3, 0.4) is 0 Å². The number of hydrogen-bond donors (Lipinski definition) is 1. The van der Waals surface area contributed by atoms with Gasteiger partial charge in [0.25, 0.3) is 22.4 Å². The second kappa shape index (κ2) is 31.8. The van der Waals surface area contributed by atoms with E-state index in [0.29, 0.717) is 9.38 Å². The number of aromatic nitrogens is 12. The molecule has 0 aliphatic carbocycles. The number of urea groups is 3. The van der Waals surface area contributed by atoms with E-state index in [1.54, 1.807) is 78.0 Å². The van der Waals surface area contributed by atoms with Gasteiger partial charge in [0, 0.05) is 32.7 Å². The molecule has 45 heteroatoms. The van der Waals surface area contributed by atoms with Crippen LogP contribution in [0, 0.1) is 0 Å². The maximum Gasteiger partial charge on any atom is 0.640 e. The Morgan fingerprint density at radius 1 is 0.475 bits per heavy atom. The van der Waals surface area contributed by atoms with Gasteiger partial charge in [0.05, 0.1) is 26.3 Å². The van der Waals surface area contributed by atoms with Crippen LogP contribution in [0.1, 0.15) is 49.0 Å². The number of amides is 6. The zero-order valence-electron chi connectivity index (χ0n) is 42.4. The molecule has 3 aromatic heterocycles. The summed E-state index contributed by atoms with van der Waals surface area (Å²) in [5.74, 6) is 0. The molecule has 3 aliphatic heterocycles. The quantitative estimate of drug-likeness (QED) is 0.0767. The standard InChI is InChI=1S/C12H18N8O6P.C12H18N8O6S.C10H14N8O6S.CH4/c2*1-3-5-17-11(21)19(15-13-17)7-9-25-27(23,24)26-10-8-20-12(22)18(6-4-2)14-16-20;1-3-5-15-9(19)17(13-11-15)7-23-25(21,22)24-8-18-10(20)16(6-4-2)12-14-18;/h2*3-6H,7-10H2,1-2H3;3-6H,7-8H2,1-2H3;1H4/q+1;2*+2;/p+1/b3*5-3+,6-4+;. The first-order chi connectivity index (χ1) is 37.6. The number of phosphoric acid groups is 1. The monoisotopic (exact) mass is 1190 g/mol. The maximum atomic E-state index is 11.8. The summed E-state index contributed by atoms with van der Waals surface area (Å²) in [6, 6.07) is -1.77. The Morgan fingerprint density at radius 3 is 1.31 bits per heavy atom. The number of carbonyl (C=O) groups excluding carboxylic acids is 3. The van der Waals surface area contributed by atoms with Crippen LogP contribution in [0.15, 0.2) is 101 Å². The van der Waals surface area contributed by atoms with Gasteiger partial charge in [-0.1, -0.05) is 25.7 Å². The van der Waals surface area contributed by atoms with Gasteiger partial charge in [-0.2, -0.15) is 63.5 Å². The van der Waals surface area contributed by atoms with E-state index in [2.05, 4.69) is 79.4 Å². The zero-order chi connectivity index (χ0) is 58.2. The van der Waals surface area contributed by atoms with Gasteiger partial charge in [-0.25, -0.2) is 31.5 Å². The van der Waals surface area contributed by atoms with Gasteiger partial charge in [0.15, 0.2) is 38.4 Å². The molecule has 42 nitrogen and oxygen atoms in total. The van der Waals surface area contributed by atoms with Crippen LogP contribution in [0.2, 0.25) is 0 Å². The van der Waals surface area contributed by atoms with Gasteiger partial charge < -0.3 is 4.89 Å². The highest BCUT2D eigenvalue weighted by molar-refractivity contribution is 7.82. The molecule has 0 aromatic carbocycles. The molecule has 6 heterocycles. The number of tetrazole rings is 3. The summed E-state index contributed by atoms with van der Waals surface area (Å²) in [5, 5.41) is 42.4. The molecule has 3 aromatic rings. The summed E-state index contributed by atoms with van der Waals surface area (Å²) >= 11 is 0. The fraction of sp³-hybridized carbons (Fsp3) is 0.486. The zero-order valence-corrected chi connectivity index (χ0v) is 44.9. The van der Waals surface area contributed by atoms with Crippen LogP contribution in [0.4, 0.5) is 14.4 Å². The summed E-state index contributed by atoms with van der Waals surface area (Å²) in [6.45, 7) is 6.80. The van der Waals surface area contributed by atoms with E-state index in [4.69, 9.17) is 9.05 Å². The molecule has 6 rings (SSSR count). The predicted octanol–water partition coefficient (Wildman–Crippen LogP) is 0.567. The Kier molecular flexibility index (Phi) is 26.1. The number of hydrogen-bond acceptors (Lipinski definition) is 29. The minimum absolute atomic E-state index is 0. The third-order valence-electron chi connectivity index (χ3n) is 8.52. The molecule has 1 atom stereocenters. The van der Waals surface area contributed by atoms with Crippen molar-refractivity contribution in [2.45, 2.75) is 68.8 Å². The Hall–Kier alpha value is -8.49. The molecule has 0 bridgehead atoms. The van der Waals surface area contributed by atoms with Crippen molar-refractivity contribution in [2.75, 3.05) is 46.2 Å². The highest BCUT2D eigenvalue weighted by atomic mass is 32.3. The van der Waals surface area contributed by atoms with Gasteiger partial charge in [0.2, 0.25) is 0 Å². The topological polar surface area (TPSA) is 463 Å². The highest BCUT2D eigenvalue weighted by Gasteiger charge is 2.42. The van der Waals surface area contributed by atoms with E-state index in [1.165, 1.54) is 37.2 Å². The molecule has 1 N–H and O–H groups in total. The van der Waals surface area contributed by atoms with Crippen molar-refractivity contribution >= 4 is 65.3 Å². The Labute approximate surface area is 451 Å². The van der Waals surface area contributed by atoms with Crippen molar-refractivity contribution in [1.29, 1.82) is 0 Å². The molecule has 80 heavy (non-hydrogen) atoms. The third kappa shape index (κ3) is 20.1. The van der Waals surface area contributed by atoms with Gasteiger partial charge in [0.1, 0.15) is 27.3 Å². The van der Waals surface area contributed by atoms with Crippen molar-refractivity contribution in [3.63, 3.8) is 0 Å². The number of phosphoric ester groups is 1. The fourth-order valence-electron chi connectivity index (χ4n) is 5.12. The highest BCUT2D eigenvalue weighted by Crippen LogP contribution is 2.42. The summed E-state index contributed by atoms with van der Waals surface area (Å²) < 4.78 is 97.1. The van der Waals surface area contributed by atoms with Gasteiger partial charge in [-0.05, 0) is 91.1 Å². The van der Waals surface area contributed by atoms with Crippen molar-refractivity contribution in [2.24, 2.45) is 31.3 Å². The van der Waals surface area contributed by atoms with E-state index < -0.39 is 77.2 Å². The van der Waals surface area contributed by atoms with Crippen LogP contribution >= 0.6 is 7.82 Å². The Bertz CT molecular complexity index is 3550. The smallest absolute Gasteiger partial charge is 0.302 e. The van der Waals surface area contributed by atoms with E-state index in [-0.39, 0.29) is 60.0 Å². The average Bonchev–Trinajstić information content (AvgIpc) is 4.27. The largest absolute Gasteiger partial charge is 0.640 e. The molecule has 0 fully saturated rings. The molecule has 434 valence electrons. The average molecular weight is 1200 g/mol. The lowest BCUT2D eigenvalue weighted by molar-refractivity contribution is -0.583. The normalized spacial score (nSPS) is 15.6. The molecule has 0 radical (unpaired) electrons. The van der Waals surface area contributed by atoms with Crippen molar-refractivity contribution in [1.82, 2.24) is 59.4 Å². The summed E-state index contributed by atoms with van der Waals surface area (Å²) in [4.78, 5) is 80.2. The molecule has 0 spiro atoms. The lowest BCUT2D eigenvalue weighted by Crippen LogP contribution is -2.28. The summed E-state index contributed by atoms with van der Waals surface area (Å²) in [5.41, 5.74) is -1.77. The van der Waals surface area contributed by atoms with Crippen LogP contribution < -0.4 is 17.1 Å². The lowest BCUT2D eigenvalue weighted by Gasteiger charge is -2.10. The second-order valence-electron chi connectivity index (χ2n) is 14.1. The molecular weight excluding hydrogens is 1140 g/mol. The number of nitrogens with zero attached hydrogens (tertiary/aromatic N) is 24. The summed E-state index contributed by atoms with van der Waals surface area (Å²) in [7, 11) is -13.2. The molecule has 0 saturated carbocycles. The van der Waals surface area contributed by atoms with E-state index in [0.717, 1.165) is 46.9 Å². The minimum atomic E-state index is -4.53. The fourth-order valence-corrected chi connectivity index (χ4v) is 6.97. The molecule has 3 aliphatic rings. The maximum absolute atomic E-state index is 11.8. The molecule has 0 saturated heterocycles. The van der Waals surface area contributed by atoms with Crippen molar-refractivity contribution < 1.29 is 94.6 Å². The lowest BCUT2D eigenvalue weighted by atomic mass is 10.6. The van der Waals surface area contributed by atoms with Crippen molar-refractivity contribution in [3.8, 4) is 0 Å². The van der Waals surface area contributed by atoms with Gasteiger partial charge in [-0.3, -0.25) is 9.05 Å². The SMILES string of the molecule is C.C/C=C/n1nnn(CCOP(=O)(O)OCC[N+]2=NN=[N+](/C=C/C)C2=O)c1=O.C/C=C/n1nnn(CCOS(=O)(=O)OCC[N+]2=NN=[N+](/C=C/C)C2=O)c1=O.C/C=C/n1nnn(COS(=O)(=O)OC[N+]2=NN=[N+](/C=C/C)C2=O)c1=O. The first-order valence-electron chi connectivity index (χ1n) is 22.2. The predicted molar refractivity (Wildman–Crippen MR) is 258 cm³/mol. The van der Waals surface area contributed by atoms with Crippen LogP contribution in [0.25, 0.3) is 18.6 Å². The van der Waals surface area contributed by atoms with E-state index in [1.807, 2.05) is 0 Å². The molecule has 1 unspecified atom stereocenters. The molecule has 6 amide bonds. The Morgan fingerprint density at radius 2 is 0.850 bits per heavy atom. The van der Waals surface area contributed by atoms with Gasteiger partial charge >= 0.3 is 79.5 Å². The van der Waals surface area contributed by atoms with Crippen molar-refractivity contribution in [3.05, 3.63) is 86.5 Å². The van der Waals surface area contributed by atoms with E-state index in [9.17, 15) is 55.1 Å². The first kappa shape index (κ1) is 65.8. The van der Waals surface area contributed by atoms with Crippen LogP contribution in [-0.2, 0) is 71.0 Å². The van der Waals surface area contributed by atoms with Gasteiger partial charge in [-0.15, -0.1) is 0 Å².